The van der Waals surface area contributed by atoms with Gasteiger partial charge in [-0.1, -0.05) is 49.8 Å². The maximum atomic E-state index is 5.09. The summed E-state index contributed by atoms with van der Waals surface area (Å²) in [7, 11) is 0. The number of hydrogen-bond donors (Lipinski definition) is 2. The summed E-state index contributed by atoms with van der Waals surface area (Å²) >= 11 is 5.09. The van der Waals surface area contributed by atoms with Crippen molar-refractivity contribution in [1.82, 2.24) is 10.7 Å². The minimum absolute atomic E-state index is 0.567. The zero-order valence-electron chi connectivity index (χ0n) is 11.5. The summed E-state index contributed by atoms with van der Waals surface area (Å²) in [6.45, 7) is 5.04. The molecule has 19 heavy (non-hydrogen) atoms. The number of nitrogens with one attached hydrogen (secondary N) is 2. The van der Waals surface area contributed by atoms with Crippen LogP contribution in [0.25, 0.3) is 6.08 Å². The fourth-order valence-electron chi connectivity index (χ4n) is 1.46. The molecule has 0 aliphatic carbocycles. The molecule has 3 nitrogen and oxygen atoms in total. The van der Waals surface area contributed by atoms with Gasteiger partial charge in [0.2, 0.25) is 0 Å². The number of nitrogens with zero attached hydrogens (tertiary/aromatic N) is 1. The molecule has 0 saturated carbocycles. The van der Waals surface area contributed by atoms with E-state index in [-0.39, 0.29) is 0 Å². The Labute approximate surface area is 120 Å². The molecule has 0 aromatic heterocycles. The van der Waals surface area contributed by atoms with Crippen molar-refractivity contribution in [3.05, 3.63) is 41.5 Å². The summed E-state index contributed by atoms with van der Waals surface area (Å²) < 4.78 is 0. The molecule has 0 spiro atoms. The fourth-order valence-corrected chi connectivity index (χ4v) is 1.62. The van der Waals surface area contributed by atoms with Crippen LogP contribution >= 0.6 is 12.2 Å². The molecule has 1 aromatic rings. The molecule has 0 aliphatic heterocycles. The Morgan fingerprint density at radius 2 is 2.05 bits per heavy atom. The largest absolute Gasteiger partial charge is 0.361 e. The molecule has 0 heterocycles. The van der Waals surface area contributed by atoms with E-state index in [0.29, 0.717) is 5.11 Å². The number of hydrazone groups is 1. The van der Waals surface area contributed by atoms with E-state index in [9.17, 15) is 0 Å². The van der Waals surface area contributed by atoms with Crippen LogP contribution in [0.3, 0.4) is 0 Å². The third kappa shape index (κ3) is 7.36. The van der Waals surface area contributed by atoms with Gasteiger partial charge in [-0.3, -0.25) is 5.43 Å². The molecule has 1 aromatic carbocycles. The van der Waals surface area contributed by atoms with Crippen molar-refractivity contribution in [2.75, 3.05) is 6.54 Å². The highest BCUT2D eigenvalue weighted by Crippen LogP contribution is 2.04. The van der Waals surface area contributed by atoms with Crippen molar-refractivity contribution in [2.24, 2.45) is 5.10 Å². The number of rotatable bonds is 6. The van der Waals surface area contributed by atoms with Crippen molar-refractivity contribution in [3.8, 4) is 0 Å². The van der Waals surface area contributed by atoms with E-state index in [4.69, 9.17) is 12.2 Å². The van der Waals surface area contributed by atoms with Crippen LogP contribution in [0.2, 0.25) is 0 Å². The maximum absolute atomic E-state index is 5.09. The van der Waals surface area contributed by atoms with E-state index >= 15 is 0 Å². The maximum Gasteiger partial charge on any atom is 0.186 e. The molecule has 1 rings (SSSR count). The van der Waals surface area contributed by atoms with E-state index in [1.54, 1.807) is 6.21 Å². The van der Waals surface area contributed by atoms with Gasteiger partial charge in [-0.15, -0.1) is 0 Å². The second-order valence-electron chi connectivity index (χ2n) is 4.28. The van der Waals surface area contributed by atoms with Crippen LogP contribution in [0.5, 0.6) is 0 Å². The van der Waals surface area contributed by atoms with Crippen molar-refractivity contribution in [2.45, 2.75) is 26.7 Å². The summed E-state index contributed by atoms with van der Waals surface area (Å²) in [6, 6.07) is 10.1. The Kier molecular flexibility index (Phi) is 7.51. The van der Waals surface area contributed by atoms with E-state index < -0.39 is 0 Å². The Morgan fingerprint density at radius 3 is 2.74 bits per heavy atom. The van der Waals surface area contributed by atoms with Gasteiger partial charge >= 0.3 is 0 Å². The van der Waals surface area contributed by atoms with Gasteiger partial charge in [-0.25, -0.2) is 0 Å². The monoisotopic (exact) mass is 275 g/mol. The first-order chi connectivity index (χ1) is 9.22. The lowest BCUT2D eigenvalue weighted by Crippen LogP contribution is -2.32. The third-order valence-electron chi connectivity index (χ3n) is 2.44. The first kappa shape index (κ1) is 15.4. The lowest BCUT2D eigenvalue weighted by molar-refractivity contribution is 0.745. The second-order valence-corrected chi connectivity index (χ2v) is 4.69. The predicted octanol–water partition coefficient (Wildman–Crippen LogP) is 3.34. The molecular formula is C15H21N3S. The van der Waals surface area contributed by atoms with Crippen molar-refractivity contribution >= 4 is 29.6 Å². The lowest BCUT2D eigenvalue weighted by atomic mass is 10.1. The summed E-state index contributed by atoms with van der Waals surface area (Å²) in [5.41, 5.74) is 5.03. The highest BCUT2D eigenvalue weighted by Gasteiger charge is 1.91. The molecular weight excluding hydrogens is 254 g/mol. The quantitative estimate of drug-likeness (QED) is 0.362. The summed E-state index contributed by atoms with van der Waals surface area (Å²) in [6.07, 6.45) is 6.09. The van der Waals surface area contributed by atoms with E-state index in [1.165, 1.54) is 0 Å². The number of hydrogen-bond acceptors (Lipinski definition) is 2. The van der Waals surface area contributed by atoms with Crippen LogP contribution in [0.15, 0.2) is 41.0 Å². The Bertz CT molecular complexity index is 438. The van der Waals surface area contributed by atoms with Crippen LogP contribution in [-0.4, -0.2) is 17.9 Å². The van der Waals surface area contributed by atoms with Crippen molar-refractivity contribution < 1.29 is 0 Å². The minimum Gasteiger partial charge on any atom is -0.361 e. The summed E-state index contributed by atoms with van der Waals surface area (Å²) in [5.74, 6) is 0. The minimum atomic E-state index is 0.567. The van der Waals surface area contributed by atoms with Gasteiger partial charge in [0.05, 0.1) is 6.21 Å². The first-order valence-corrected chi connectivity index (χ1v) is 6.93. The standard InChI is InChI=1S/C15H21N3S/c1-3-4-10-16-15(19)18-17-12-13(2)11-14-8-6-5-7-9-14/h5-9,11-12H,3-4,10H2,1-2H3,(H2,16,18,19)/b13-11+,17-12-. The molecule has 2 N–H and O–H groups in total. The molecule has 0 atom stereocenters. The van der Waals surface area contributed by atoms with Gasteiger partial charge < -0.3 is 5.32 Å². The van der Waals surface area contributed by atoms with Gasteiger partial charge in [0.1, 0.15) is 0 Å². The lowest BCUT2D eigenvalue weighted by Gasteiger charge is -2.05. The van der Waals surface area contributed by atoms with Crippen molar-refractivity contribution in [3.63, 3.8) is 0 Å². The molecule has 102 valence electrons. The van der Waals surface area contributed by atoms with Crippen LogP contribution in [0.1, 0.15) is 32.3 Å². The predicted molar refractivity (Wildman–Crippen MR) is 87.2 cm³/mol. The number of allylic oxidation sites excluding steroid dienone is 1. The van der Waals surface area contributed by atoms with Gasteiger partial charge in [0.25, 0.3) is 0 Å². The van der Waals surface area contributed by atoms with E-state index in [1.807, 2.05) is 25.1 Å². The molecule has 0 bridgehead atoms. The van der Waals surface area contributed by atoms with Gasteiger partial charge in [-0.2, -0.15) is 5.10 Å². The van der Waals surface area contributed by atoms with Crippen molar-refractivity contribution in [1.29, 1.82) is 0 Å². The fraction of sp³-hybridized carbons (Fsp3) is 0.333. The molecule has 0 amide bonds. The van der Waals surface area contributed by atoms with Crippen LogP contribution < -0.4 is 10.7 Å². The molecule has 0 aliphatic rings. The topological polar surface area (TPSA) is 36.4 Å². The Balaban J connectivity index is 2.36. The molecule has 0 saturated heterocycles. The Morgan fingerprint density at radius 1 is 1.32 bits per heavy atom. The van der Waals surface area contributed by atoms with E-state index in [0.717, 1.165) is 30.5 Å². The zero-order valence-corrected chi connectivity index (χ0v) is 12.3. The molecule has 0 fully saturated rings. The third-order valence-corrected chi connectivity index (χ3v) is 2.68. The second kappa shape index (κ2) is 9.28. The molecule has 4 heteroatoms. The van der Waals surface area contributed by atoms with Crippen LogP contribution in [0, 0.1) is 0 Å². The zero-order chi connectivity index (χ0) is 13.9. The summed E-state index contributed by atoms with van der Waals surface area (Å²) in [4.78, 5) is 0. The average molecular weight is 275 g/mol. The normalized spacial score (nSPS) is 11.6. The number of thiocarbonyl (C=S) groups is 1. The van der Waals surface area contributed by atoms with Crippen LogP contribution in [-0.2, 0) is 0 Å². The van der Waals surface area contributed by atoms with E-state index in [2.05, 4.69) is 41.0 Å². The highest BCUT2D eigenvalue weighted by molar-refractivity contribution is 7.80. The number of benzene rings is 1. The Hall–Kier alpha value is -1.68. The number of unbranched alkanes of at least 4 members (excludes halogenated alkanes) is 1. The average Bonchev–Trinajstić information content (AvgIpc) is 2.40. The van der Waals surface area contributed by atoms with Gasteiger partial charge in [-0.05, 0) is 36.7 Å². The SMILES string of the molecule is CCCCNC(=S)N/N=C\C(C)=C\c1ccccc1. The summed E-state index contributed by atoms with van der Waals surface area (Å²) in [5, 5.41) is 7.76. The smallest absolute Gasteiger partial charge is 0.186 e. The van der Waals surface area contributed by atoms with Crippen LogP contribution in [0.4, 0.5) is 0 Å². The molecule has 0 radical (unpaired) electrons. The van der Waals surface area contributed by atoms with Gasteiger partial charge in [0, 0.05) is 6.54 Å². The first-order valence-electron chi connectivity index (χ1n) is 6.52. The van der Waals surface area contributed by atoms with Gasteiger partial charge in [0.15, 0.2) is 5.11 Å². The highest BCUT2D eigenvalue weighted by atomic mass is 32.1. The molecule has 0 unspecified atom stereocenters.